The molecule has 0 aliphatic carbocycles. The Morgan fingerprint density at radius 2 is 1.48 bits per heavy atom. The molecular formula is C27H26N2O4. The van der Waals surface area contributed by atoms with Crippen LogP contribution in [-0.2, 0) is 15.1 Å². The van der Waals surface area contributed by atoms with Gasteiger partial charge in [0.1, 0.15) is 11.6 Å². The van der Waals surface area contributed by atoms with Gasteiger partial charge in [0.2, 0.25) is 0 Å². The molecule has 0 saturated carbocycles. The summed E-state index contributed by atoms with van der Waals surface area (Å²) in [5, 5.41) is 13.4. The second kappa shape index (κ2) is 8.12. The van der Waals surface area contributed by atoms with E-state index in [1.807, 2.05) is 91.0 Å². The third-order valence-electron chi connectivity index (χ3n) is 7.44. The highest BCUT2D eigenvalue weighted by Gasteiger charge is 2.78. The van der Waals surface area contributed by atoms with Crippen molar-refractivity contribution in [2.45, 2.75) is 35.9 Å². The van der Waals surface area contributed by atoms with Crippen LogP contribution in [0.25, 0.3) is 0 Å². The minimum Gasteiger partial charge on any atom is -0.468 e. The highest BCUT2D eigenvalue weighted by Crippen LogP contribution is 2.66. The molecule has 3 aromatic carbocycles. The maximum Gasteiger partial charge on any atom is 0.327 e. The molecular weight excluding hydrogens is 416 g/mol. The van der Waals surface area contributed by atoms with Crippen molar-refractivity contribution in [3.05, 3.63) is 118 Å². The lowest BCUT2D eigenvalue weighted by atomic mass is 9.65. The molecule has 0 radical (unpaired) electrons. The van der Waals surface area contributed by atoms with Gasteiger partial charge in [0.25, 0.3) is 5.54 Å². The van der Waals surface area contributed by atoms with Gasteiger partial charge in [0.05, 0.1) is 13.0 Å². The van der Waals surface area contributed by atoms with Crippen LogP contribution in [0.15, 0.2) is 91.0 Å². The number of hydrogen-bond acceptors (Lipinski definition) is 5. The van der Waals surface area contributed by atoms with Crippen LogP contribution in [0.2, 0.25) is 0 Å². The van der Waals surface area contributed by atoms with Crippen LogP contribution < -0.4 is 0 Å². The van der Waals surface area contributed by atoms with Crippen molar-refractivity contribution < 1.29 is 14.5 Å². The Morgan fingerprint density at radius 3 is 2.03 bits per heavy atom. The fourth-order valence-corrected chi connectivity index (χ4v) is 6.39. The molecule has 0 aromatic heterocycles. The first-order valence-corrected chi connectivity index (χ1v) is 11.2. The van der Waals surface area contributed by atoms with Crippen molar-refractivity contribution in [2.75, 3.05) is 13.7 Å². The Morgan fingerprint density at radius 1 is 0.939 bits per heavy atom. The maximum atomic E-state index is 13.6. The smallest absolute Gasteiger partial charge is 0.327 e. The largest absolute Gasteiger partial charge is 0.468 e. The maximum absolute atomic E-state index is 13.6. The number of fused-ring (bicyclic) bond motifs is 1. The topological polar surface area (TPSA) is 72.7 Å². The van der Waals surface area contributed by atoms with Crippen LogP contribution in [0, 0.1) is 10.1 Å². The first-order chi connectivity index (χ1) is 16.1. The van der Waals surface area contributed by atoms with E-state index in [1.165, 1.54) is 7.11 Å². The van der Waals surface area contributed by atoms with E-state index in [0.717, 1.165) is 17.5 Å². The van der Waals surface area contributed by atoms with Crippen molar-refractivity contribution in [3.8, 4) is 0 Å². The molecule has 0 unspecified atom stereocenters. The average molecular weight is 443 g/mol. The molecule has 2 saturated heterocycles. The molecule has 0 amide bonds. The van der Waals surface area contributed by atoms with Crippen LogP contribution in [-0.4, -0.2) is 35.0 Å². The molecule has 6 heteroatoms. The first-order valence-electron chi connectivity index (χ1n) is 11.2. The standard InChI is InChI=1S/C27H26N2O4/c1-33-25(30)26-18-11-19-28(26)24(21-14-7-3-8-15-21)27(29(31)32,22-16-9-4-10-17-22)23(26)20-12-5-2-6-13-20/h2-10,12-17,23-24H,11,18-19H2,1H3/t23-,24+,26-,27+/m1/s1. The van der Waals surface area contributed by atoms with Gasteiger partial charge in [-0.1, -0.05) is 91.0 Å². The Labute approximate surface area is 193 Å². The summed E-state index contributed by atoms with van der Waals surface area (Å²) >= 11 is 0. The molecule has 6 nitrogen and oxygen atoms in total. The second-order valence-corrected chi connectivity index (χ2v) is 8.82. The molecule has 168 valence electrons. The Bertz CT molecular complexity index is 1150. The van der Waals surface area contributed by atoms with Crippen LogP contribution in [0.5, 0.6) is 0 Å². The highest BCUT2D eigenvalue weighted by molar-refractivity contribution is 5.84. The van der Waals surface area contributed by atoms with E-state index in [0.29, 0.717) is 18.5 Å². The summed E-state index contributed by atoms with van der Waals surface area (Å²) < 4.78 is 5.38. The van der Waals surface area contributed by atoms with Crippen molar-refractivity contribution in [1.82, 2.24) is 4.90 Å². The lowest BCUT2D eigenvalue weighted by molar-refractivity contribution is -0.588. The Kier molecular flexibility index (Phi) is 5.25. The zero-order chi connectivity index (χ0) is 23.1. The third kappa shape index (κ3) is 2.87. The molecule has 0 bridgehead atoms. The molecule has 2 aliphatic heterocycles. The summed E-state index contributed by atoms with van der Waals surface area (Å²) in [6.07, 6.45) is 1.27. The number of esters is 1. The molecule has 0 spiro atoms. The number of carbonyl (C=O) groups excluding carboxylic acids is 1. The highest BCUT2D eigenvalue weighted by atomic mass is 16.6. The minimum atomic E-state index is -1.58. The number of hydrogen-bond donors (Lipinski definition) is 0. The average Bonchev–Trinajstić information content (AvgIpc) is 3.40. The number of benzene rings is 3. The number of ether oxygens (including phenoxy) is 1. The zero-order valence-electron chi connectivity index (χ0n) is 18.5. The molecule has 2 aliphatic rings. The normalized spacial score (nSPS) is 28.9. The van der Waals surface area contributed by atoms with E-state index in [9.17, 15) is 14.9 Å². The third-order valence-corrected chi connectivity index (χ3v) is 7.44. The fraction of sp³-hybridized carbons (Fsp3) is 0.296. The lowest BCUT2D eigenvalue weighted by Gasteiger charge is -2.36. The van der Waals surface area contributed by atoms with E-state index in [-0.39, 0.29) is 4.92 Å². The van der Waals surface area contributed by atoms with Gasteiger partial charge < -0.3 is 4.74 Å². The number of rotatable bonds is 5. The number of carbonyl (C=O) groups is 1. The molecule has 2 heterocycles. The molecule has 4 atom stereocenters. The Hall–Kier alpha value is -3.51. The van der Waals surface area contributed by atoms with E-state index >= 15 is 0 Å². The predicted molar refractivity (Wildman–Crippen MR) is 124 cm³/mol. The molecule has 3 aromatic rings. The fourth-order valence-electron chi connectivity index (χ4n) is 6.39. The quantitative estimate of drug-likeness (QED) is 0.325. The van der Waals surface area contributed by atoms with Crippen LogP contribution in [0.4, 0.5) is 0 Å². The molecule has 2 fully saturated rings. The summed E-state index contributed by atoms with van der Waals surface area (Å²) in [5.41, 5.74) is -0.534. The lowest BCUT2D eigenvalue weighted by Crippen LogP contribution is -2.52. The van der Waals surface area contributed by atoms with Crippen molar-refractivity contribution in [1.29, 1.82) is 0 Å². The van der Waals surface area contributed by atoms with Crippen molar-refractivity contribution >= 4 is 5.97 Å². The van der Waals surface area contributed by atoms with Crippen LogP contribution >= 0.6 is 0 Å². The molecule has 5 rings (SSSR count). The summed E-state index contributed by atoms with van der Waals surface area (Å²) in [5.74, 6) is -1.14. The second-order valence-electron chi connectivity index (χ2n) is 8.82. The number of nitro groups is 1. The van der Waals surface area contributed by atoms with E-state index in [4.69, 9.17) is 4.74 Å². The molecule has 33 heavy (non-hydrogen) atoms. The summed E-state index contributed by atoms with van der Waals surface area (Å²) in [4.78, 5) is 28.9. The van der Waals surface area contributed by atoms with Gasteiger partial charge in [-0.25, -0.2) is 0 Å². The minimum absolute atomic E-state index is 0.152. The molecule has 0 N–H and O–H groups in total. The van der Waals surface area contributed by atoms with E-state index in [1.54, 1.807) is 0 Å². The van der Waals surface area contributed by atoms with E-state index in [2.05, 4.69) is 4.90 Å². The SMILES string of the molecule is COC(=O)[C@]12CCCN1[C@@H](c1ccccc1)[C@@](c1ccccc1)([N+](=O)[O-])[C@@H]2c1ccccc1. The van der Waals surface area contributed by atoms with E-state index < -0.39 is 29.0 Å². The van der Waals surface area contributed by atoms with Crippen molar-refractivity contribution in [2.24, 2.45) is 0 Å². The first kappa shape index (κ1) is 21.3. The van der Waals surface area contributed by atoms with Crippen LogP contribution in [0.3, 0.4) is 0 Å². The monoisotopic (exact) mass is 442 g/mol. The number of methoxy groups -OCH3 is 1. The Balaban J connectivity index is 1.92. The van der Waals surface area contributed by atoms with Gasteiger partial charge in [-0.05, 0) is 24.0 Å². The summed E-state index contributed by atoms with van der Waals surface area (Å²) in [6.45, 7) is 0.584. The van der Waals surface area contributed by atoms with Crippen LogP contribution in [0.1, 0.15) is 41.5 Å². The predicted octanol–water partition coefficient (Wildman–Crippen LogP) is 4.70. The van der Waals surface area contributed by atoms with Gasteiger partial charge in [-0.15, -0.1) is 0 Å². The van der Waals surface area contributed by atoms with Gasteiger partial charge in [-0.2, -0.15) is 0 Å². The summed E-state index contributed by atoms with van der Waals surface area (Å²) in [6, 6.07) is 27.5. The van der Waals surface area contributed by atoms with Gasteiger partial charge >= 0.3 is 5.97 Å². The van der Waals surface area contributed by atoms with Gasteiger partial charge in [0, 0.05) is 17.0 Å². The zero-order valence-corrected chi connectivity index (χ0v) is 18.5. The summed E-state index contributed by atoms with van der Waals surface area (Å²) in [7, 11) is 1.38. The number of nitrogens with zero attached hydrogens (tertiary/aromatic N) is 2. The van der Waals surface area contributed by atoms with Crippen molar-refractivity contribution in [3.63, 3.8) is 0 Å². The van der Waals surface area contributed by atoms with Gasteiger partial charge in [-0.3, -0.25) is 19.8 Å². The van der Waals surface area contributed by atoms with Gasteiger partial charge in [0.15, 0.2) is 0 Å².